The van der Waals surface area contributed by atoms with E-state index in [1.165, 1.54) is 23.4 Å². The zero-order valence-corrected chi connectivity index (χ0v) is 10.5. The first kappa shape index (κ1) is 10.7. The summed E-state index contributed by atoms with van der Waals surface area (Å²) < 4.78 is 0. The highest BCUT2D eigenvalue weighted by molar-refractivity contribution is 7.09. The van der Waals surface area contributed by atoms with Crippen LogP contribution in [-0.4, -0.2) is 6.04 Å². The Hall–Kier alpha value is -1.48. The lowest BCUT2D eigenvalue weighted by molar-refractivity contribution is 0.804. The fraction of sp³-hybridized carbons (Fsp3) is 0.286. The van der Waals surface area contributed by atoms with Gasteiger partial charge in [0.05, 0.1) is 6.54 Å². The molecule has 0 radical (unpaired) electrons. The van der Waals surface area contributed by atoms with Crippen molar-refractivity contribution in [1.29, 1.82) is 0 Å². The van der Waals surface area contributed by atoms with Crippen molar-refractivity contribution in [2.75, 3.05) is 10.6 Å². The van der Waals surface area contributed by atoms with E-state index in [0.717, 1.165) is 18.3 Å². The van der Waals surface area contributed by atoms with Gasteiger partial charge in [-0.25, -0.2) is 0 Å². The smallest absolute Gasteiger partial charge is 0.0525 e. The Morgan fingerprint density at radius 3 is 2.53 bits per heavy atom. The molecular formula is C14H16N2S. The maximum Gasteiger partial charge on any atom is 0.0525 e. The van der Waals surface area contributed by atoms with Crippen molar-refractivity contribution in [3.8, 4) is 0 Å². The summed E-state index contributed by atoms with van der Waals surface area (Å²) in [6.45, 7) is 1.02. The highest BCUT2D eigenvalue weighted by atomic mass is 32.1. The van der Waals surface area contributed by atoms with Crippen molar-refractivity contribution >= 4 is 22.7 Å². The van der Waals surface area contributed by atoms with Crippen LogP contribution in [0.5, 0.6) is 0 Å². The fourth-order valence-corrected chi connectivity index (χ4v) is 2.76. The van der Waals surface area contributed by atoms with Crippen molar-refractivity contribution in [2.24, 2.45) is 0 Å². The van der Waals surface area contributed by atoms with Crippen molar-refractivity contribution in [2.45, 2.75) is 25.4 Å². The van der Waals surface area contributed by atoms with Crippen LogP contribution in [0.15, 0.2) is 41.8 Å². The third kappa shape index (κ3) is 2.44. The zero-order valence-electron chi connectivity index (χ0n) is 9.67. The van der Waals surface area contributed by atoms with E-state index in [0.29, 0.717) is 0 Å². The molecule has 0 bridgehead atoms. The van der Waals surface area contributed by atoms with E-state index in [1.807, 2.05) is 23.5 Å². The molecule has 1 aliphatic rings. The molecule has 1 fully saturated rings. The molecule has 0 spiro atoms. The number of hydrogen-bond donors (Lipinski definition) is 1. The maximum absolute atomic E-state index is 5.74. The molecule has 1 heterocycles. The maximum atomic E-state index is 5.74. The summed E-state index contributed by atoms with van der Waals surface area (Å²) >= 11 is 1.83. The minimum absolute atomic E-state index is 0.723. The third-order valence-electron chi connectivity index (χ3n) is 3.12. The van der Waals surface area contributed by atoms with Crippen molar-refractivity contribution < 1.29 is 0 Å². The van der Waals surface area contributed by atoms with Crippen molar-refractivity contribution in [1.82, 2.24) is 0 Å². The molecule has 1 saturated carbocycles. The van der Waals surface area contributed by atoms with Crippen LogP contribution in [0.2, 0.25) is 0 Å². The van der Waals surface area contributed by atoms with Crippen LogP contribution in [-0.2, 0) is 6.54 Å². The highest BCUT2D eigenvalue weighted by Gasteiger charge is 2.29. The zero-order chi connectivity index (χ0) is 11.7. The van der Waals surface area contributed by atoms with Gasteiger partial charge < -0.3 is 10.6 Å². The van der Waals surface area contributed by atoms with Gasteiger partial charge >= 0.3 is 0 Å². The lowest BCUT2D eigenvalue weighted by Crippen LogP contribution is -2.24. The largest absolute Gasteiger partial charge is 0.399 e. The second-order valence-corrected chi connectivity index (χ2v) is 5.56. The molecule has 2 nitrogen and oxygen atoms in total. The molecule has 3 rings (SSSR count). The van der Waals surface area contributed by atoms with Crippen molar-refractivity contribution in [3.05, 3.63) is 46.7 Å². The Kier molecular flexibility index (Phi) is 2.77. The van der Waals surface area contributed by atoms with Gasteiger partial charge in [-0.2, -0.15) is 0 Å². The number of nitrogens with zero attached hydrogens (tertiary/aromatic N) is 1. The van der Waals surface area contributed by atoms with Crippen LogP contribution in [0.25, 0.3) is 0 Å². The first-order valence-corrected chi connectivity index (χ1v) is 6.85. The monoisotopic (exact) mass is 244 g/mol. The Balaban J connectivity index is 1.82. The van der Waals surface area contributed by atoms with Gasteiger partial charge in [0.15, 0.2) is 0 Å². The minimum atomic E-state index is 0.723. The van der Waals surface area contributed by atoms with Crippen LogP contribution in [0.3, 0.4) is 0 Å². The van der Waals surface area contributed by atoms with Gasteiger partial charge in [0, 0.05) is 22.3 Å². The number of hydrogen-bond acceptors (Lipinski definition) is 3. The molecule has 1 aliphatic carbocycles. The van der Waals surface area contributed by atoms with Gasteiger partial charge in [-0.15, -0.1) is 11.3 Å². The van der Waals surface area contributed by atoms with E-state index < -0.39 is 0 Å². The standard InChI is InChI=1S/C14H16N2S/c15-11-3-5-12(6-4-11)16(13-7-8-13)10-14-2-1-9-17-14/h1-6,9,13H,7-8,10,15H2. The van der Waals surface area contributed by atoms with Gasteiger partial charge in [0.2, 0.25) is 0 Å². The molecule has 2 N–H and O–H groups in total. The van der Waals surface area contributed by atoms with E-state index in [9.17, 15) is 0 Å². The first-order valence-electron chi connectivity index (χ1n) is 5.97. The highest BCUT2D eigenvalue weighted by Crippen LogP contribution is 2.33. The molecule has 2 aromatic rings. The molecule has 17 heavy (non-hydrogen) atoms. The van der Waals surface area contributed by atoms with Gasteiger partial charge in [-0.3, -0.25) is 0 Å². The van der Waals surface area contributed by atoms with Gasteiger partial charge in [0.1, 0.15) is 0 Å². The Bertz CT molecular complexity index is 471. The number of thiophene rings is 1. The predicted molar refractivity (Wildman–Crippen MR) is 74.4 cm³/mol. The molecule has 0 aliphatic heterocycles. The summed E-state index contributed by atoms with van der Waals surface area (Å²) in [5, 5.41) is 2.14. The van der Waals surface area contributed by atoms with E-state index >= 15 is 0 Å². The molecule has 1 aromatic heterocycles. The predicted octanol–water partition coefficient (Wildman–Crippen LogP) is 3.50. The van der Waals surface area contributed by atoms with Gasteiger partial charge in [0.25, 0.3) is 0 Å². The quantitative estimate of drug-likeness (QED) is 0.834. The van der Waals surface area contributed by atoms with Gasteiger partial charge in [-0.05, 0) is 48.6 Å². The molecule has 0 amide bonds. The molecule has 88 valence electrons. The van der Waals surface area contributed by atoms with Crippen LogP contribution in [0, 0.1) is 0 Å². The summed E-state index contributed by atoms with van der Waals surface area (Å²) in [5.74, 6) is 0. The average molecular weight is 244 g/mol. The topological polar surface area (TPSA) is 29.3 Å². The normalized spacial score (nSPS) is 14.8. The second kappa shape index (κ2) is 4.41. The number of rotatable bonds is 4. The molecular weight excluding hydrogens is 228 g/mol. The average Bonchev–Trinajstić information content (AvgIpc) is 3.05. The molecule has 3 heteroatoms. The first-order chi connectivity index (χ1) is 8.33. The summed E-state index contributed by atoms with van der Waals surface area (Å²) in [6, 6.07) is 13.3. The Labute approximate surface area is 106 Å². The number of nitrogens with two attached hydrogens (primary N) is 1. The summed E-state index contributed by atoms with van der Waals surface area (Å²) in [6.07, 6.45) is 2.63. The van der Waals surface area contributed by atoms with Crippen LogP contribution in [0.4, 0.5) is 11.4 Å². The second-order valence-electron chi connectivity index (χ2n) is 4.53. The van der Waals surface area contributed by atoms with E-state index in [4.69, 9.17) is 5.73 Å². The van der Waals surface area contributed by atoms with Crippen molar-refractivity contribution in [3.63, 3.8) is 0 Å². The summed E-state index contributed by atoms with van der Waals surface area (Å²) in [7, 11) is 0. The fourth-order valence-electron chi connectivity index (χ4n) is 2.05. The van der Waals surface area contributed by atoms with Crippen LogP contribution >= 0.6 is 11.3 Å². The van der Waals surface area contributed by atoms with Crippen LogP contribution < -0.4 is 10.6 Å². The molecule has 0 unspecified atom stereocenters. The Morgan fingerprint density at radius 2 is 1.94 bits per heavy atom. The van der Waals surface area contributed by atoms with E-state index in [-0.39, 0.29) is 0 Å². The van der Waals surface area contributed by atoms with Gasteiger partial charge in [-0.1, -0.05) is 6.07 Å². The number of nitrogen functional groups attached to an aromatic ring is 1. The molecule has 1 aromatic carbocycles. The minimum Gasteiger partial charge on any atom is -0.399 e. The van der Waals surface area contributed by atoms with E-state index in [2.05, 4.69) is 34.5 Å². The van der Waals surface area contributed by atoms with Crippen LogP contribution in [0.1, 0.15) is 17.7 Å². The SMILES string of the molecule is Nc1ccc(N(Cc2cccs2)C2CC2)cc1. The number of anilines is 2. The van der Waals surface area contributed by atoms with E-state index in [1.54, 1.807) is 0 Å². The summed E-state index contributed by atoms with van der Waals surface area (Å²) in [4.78, 5) is 3.92. The number of benzene rings is 1. The Morgan fingerprint density at radius 1 is 1.18 bits per heavy atom. The third-order valence-corrected chi connectivity index (χ3v) is 3.98. The summed E-state index contributed by atoms with van der Waals surface area (Å²) in [5.41, 5.74) is 7.86. The lowest BCUT2D eigenvalue weighted by Gasteiger charge is -2.24. The molecule has 0 atom stereocenters. The molecule has 0 saturated heterocycles. The lowest BCUT2D eigenvalue weighted by atomic mass is 10.2.